The van der Waals surface area contributed by atoms with Gasteiger partial charge in [0.25, 0.3) is 0 Å². The maximum absolute atomic E-state index is 13.3. The molecule has 0 spiro atoms. The van der Waals surface area contributed by atoms with Crippen molar-refractivity contribution in [3.8, 4) is 11.6 Å². The lowest BCUT2D eigenvalue weighted by atomic mass is 9.95. The Labute approximate surface area is 191 Å². The lowest BCUT2D eigenvalue weighted by molar-refractivity contribution is -0.137. The van der Waals surface area contributed by atoms with Crippen LogP contribution in [0.5, 0.6) is 0 Å². The molecule has 4 rings (SSSR count). The van der Waals surface area contributed by atoms with E-state index in [0.717, 1.165) is 43.5 Å². The summed E-state index contributed by atoms with van der Waals surface area (Å²) in [6, 6.07) is 7.10. The third-order valence-electron chi connectivity index (χ3n) is 5.26. The Bertz CT molecular complexity index is 1080. The molecule has 0 aliphatic heterocycles. The maximum Gasteiger partial charge on any atom is 0.418 e. The summed E-state index contributed by atoms with van der Waals surface area (Å²) in [7, 11) is 0. The molecule has 1 aliphatic carbocycles. The number of nitrogens with zero attached hydrogens (tertiary/aromatic N) is 3. The molecule has 0 saturated heterocycles. The predicted octanol–water partition coefficient (Wildman–Crippen LogP) is 6.45. The van der Waals surface area contributed by atoms with Gasteiger partial charge in [0.2, 0.25) is 11.7 Å². The van der Waals surface area contributed by atoms with Crippen LogP contribution < -0.4 is 5.32 Å². The average molecular weight is 485 g/mol. The smallest absolute Gasteiger partial charge is 0.418 e. The Morgan fingerprint density at radius 3 is 2.66 bits per heavy atom. The van der Waals surface area contributed by atoms with E-state index in [1.807, 2.05) is 4.57 Å². The number of thioether (sulfide) groups is 1. The number of amides is 1. The molecule has 0 unspecified atom stereocenters. The minimum Gasteiger partial charge on any atom is -0.461 e. The molecule has 11 heteroatoms. The third kappa shape index (κ3) is 4.96. The second kappa shape index (κ2) is 9.58. The van der Waals surface area contributed by atoms with Gasteiger partial charge in [0.15, 0.2) is 10.9 Å². The summed E-state index contributed by atoms with van der Waals surface area (Å²) in [6.45, 7) is 0. The van der Waals surface area contributed by atoms with Crippen molar-refractivity contribution in [2.75, 3.05) is 11.1 Å². The molecule has 170 valence electrons. The first-order valence-corrected chi connectivity index (χ1v) is 11.5. The maximum atomic E-state index is 13.3. The van der Waals surface area contributed by atoms with Crippen molar-refractivity contribution in [3.05, 3.63) is 47.2 Å². The standard InChI is InChI=1S/C21H20ClF3N4O2S/c22-15-9-4-8-14(21(23,24)25)18(15)26-17(30)12-32-20-28-27-19(16-10-5-11-31-16)29(20)13-6-2-1-3-7-13/h4-5,8-11,13H,1-3,6-7,12H2,(H,26,30). The van der Waals surface area contributed by atoms with E-state index < -0.39 is 23.3 Å². The Morgan fingerprint density at radius 1 is 1.19 bits per heavy atom. The van der Waals surface area contributed by atoms with E-state index in [2.05, 4.69) is 15.5 Å². The second-order valence-corrected chi connectivity index (χ2v) is 8.79. The first-order chi connectivity index (χ1) is 15.3. The van der Waals surface area contributed by atoms with Gasteiger partial charge in [0.1, 0.15) is 0 Å². The van der Waals surface area contributed by atoms with E-state index in [1.165, 1.54) is 18.6 Å². The number of carbonyl (C=O) groups is 1. The highest BCUT2D eigenvalue weighted by atomic mass is 35.5. The summed E-state index contributed by atoms with van der Waals surface area (Å²) in [5.41, 5.74) is -1.44. The molecule has 1 saturated carbocycles. The number of anilines is 1. The van der Waals surface area contributed by atoms with Gasteiger partial charge in [-0.1, -0.05) is 48.7 Å². The monoisotopic (exact) mass is 484 g/mol. The first kappa shape index (κ1) is 22.7. The zero-order valence-electron chi connectivity index (χ0n) is 16.9. The second-order valence-electron chi connectivity index (χ2n) is 7.44. The Balaban J connectivity index is 1.53. The molecule has 1 aliphatic rings. The Hall–Kier alpha value is -2.46. The van der Waals surface area contributed by atoms with Crippen molar-refractivity contribution in [1.82, 2.24) is 14.8 Å². The minimum absolute atomic E-state index is 0.147. The van der Waals surface area contributed by atoms with E-state index in [9.17, 15) is 18.0 Å². The van der Waals surface area contributed by atoms with Gasteiger partial charge in [-0.15, -0.1) is 10.2 Å². The molecule has 1 amide bonds. The fourth-order valence-corrected chi connectivity index (χ4v) is 4.84. The van der Waals surface area contributed by atoms with Gasteiger partial charge in [0, 0.05) is 6.04 Å². The van der Waals surface area contributed by atoms with Crippen LogP contribution in [0.25, 0.3) is 11.6 Å². The first-order valence-electron chi connectivity index (χ1n) is 10.1. The highest BCUT2D eigenvalue weighted by Crippen LogP contribution is 2.39. The Morgan fingerprint density at radius 2 is 1.97 bits per heavy atom. The van der Waals surface area contributed by atoms with Crippen LogP contribution in [0.3, 0.4) is 0 Å². The molecule has 1 N–H and O–H groups in total. The van der Waals surface area contributed by atoms with Crippen LogP contribution in [0.2, 0.25) is 5.02 Å². The molecule has 1 aromatic carbocycles. The summed E-state index contributed by atoms with van der Waals surface area (Å²) in [5.74, 6) is 0.387. The normalized spacial score (nSPS) is 15.1. The highest BCUT2D eigenvalue weighted by molar-refractivity contribution is 7.99. The SMILES string of the molecule is O=C(CSc1nnc(-c2ccco2)n1C1CCCCC1)Nc1c(Cl)cccc1C(F)(F)F. The average Bonchev–Trinajstić information content (AvgIpc) is 3.43. The van der Waals surface area contributed by atoms with Crippen LogP contribution in [0, 0.1) is 0 Å². The number of aromatic nitrogens is 3. The van der Waals surface area contributed by atoms with E-state index >= 15 is 0 Å². The van der Waals surface area contributed by atoms with Crippen LogP contribution in [0.1, 0.15) is 43.7 Å². The number of nitrogens with one attached hydrogen (secondary N) is 1. The highest BCUT2D eigenvalue weighted by Gasteiger charge is 2.35. The topological polar surface area (TPSA) is 73.0 Å². The van der Waals surface area contributed by atoms with Crippen molar-refractivity contribution in [1.29, 1.82) is 0 Å². The zero-order valence-corrected chi connectivity index (χ0v) is 18.4. The number of rotatable bonds is 6. The van der Waals surface area contributed by atoms with Crippen LogP contribution in [-0.4, -0.2) is 26.4 Å². The number of carbonyl (C=O) groups excluding carboxylic acids is 1. The minimum atomic E-state index is -4.64. The summed E-state index contributed by atoms with van der Waals surface area (Å²) < 4.78 is 47.3. The lowest BCUT2D eigenvalue weighted by Gasteiger charge is -2.25. The van der Waals surface area contributed by atoms with Gasteiger partial charge >= 0.3 is 6.18 Å². The van der Waals surface area contributed by atoms with Crippen LogP contribution in [-0.2, 0) is 11.0 Å². The molecule has 1 fully saturated rings. The number of para-hydroxylation sites is 1. The predicted molar refractivity (Wildman–Crippen MR) is 116 cm³/mol. The molecule has 2 aromatic heterocycles. The van der Waals surface area contributed by atoms with E-state index in [-0.39, 0.29) is 16.8 Å². The largest absolute Gasteiger partial charge is 0.461 e. The lowest BCUT2D eigenvalue weighted by Crippen LogP contribution is -2.19. The van der Waals surface area contributed by atoms with Crippen molar-refractivity contribution in [2.24, 2.45) is 0 Å². The molecule has 32 heavy (non-hydrogen) atoms. The zero-order chi connectivity index (χ0) is 22.7. The quantitative estimate of drug-likeness (QED) is 0.407. The van der Waals surface area contributed by atoms with Gasteiger partial charge in [-0.05, 0) is 37.1 Å². The van der Waals surface area contributed by atoms with E-state index in [0.29, 0.717) is 16.7 Å². The van der Waals surface area contributed by atoms with Gasteiger partial charge < -0.3 is 9.73 Å². The van der Waals surface area contributed by atoms with Crippen LogP contribution in [0.4, 0.5) is 18.9 Å². The molecular formula is C21H20ClF3N4O2S. The fourth-order valence-electron chi connectivity index (χ4n) is 3.81. The Kier molecular flexibility index (Phi) is 6.80. The van der Waals surface area contributed by atoms with Crippen molar-refractivity contribution >= 4 is 35.0 Å². The number of hydrogen-bond donors (Lipinski definition) is 1. The molecule has 0 radical (unpaired) electrons. The number of hydrogen-bond acceptors (Lipinski definition) is 5. The summed E-state index contributed by atoms with van der Waals surface area (Å²) in [4.78, 5) is 12.5. The molecule has 0 bridgehead atoms. The third-order valence-corrected chi connectivity index (χ3v) is 6.52. The molecule has 3 aromatic rings. The molecule has 0 atom stereocenters. The van der Waals surface area contributed by atoms with Crippen LogP contribution in [0.15, 0.2) is 46.2 Å². The van der Waals surface area contributed by atoms with Gasteiger partial charge in [-0.3, -0.25) is 9.36 Å². The number of benzene rings is 1. The van der Waals surface area contributed by atoms with Gasteiger partial charge in [0.05, 0.1) is 28.3 Å². The number of halogens is 4. The molecular weight excluding hydrogens is 465 g/mol. The van der Waals surface area contributed by atoms with Crippen LogP contribution >= 0.6 is 23.4 Å². The summed E-state index contributed by atoms with van der Waals surface area (Å²) in [6.07, 6.45) is 2.16. The van der Waals surface area contributed by atoms with E-state index in [1.54, 1.807) is 18.4 Å². The molecule has 2 heterocycles. The van der Waals surface area contributed by atoms with E-state index in [4.69, 9.17) is 16.0 Å². The van der Waals surface area contributed by atoms with Gasteiger partial charge in [-0.25, -0.2) is 0 Å². The van der Waals surface area contributed by atoms with Gasteiger partial charge in [-0.2, -0.15) is 13.2 Å². The van der Waals surface area contributed by atoms with Crippen molar-refractivity contribution in [3.63, 3.8) is 0 Å². The number of furan rings is 1. The number of alkyl halides is 3. The summed E-state index contributed by atoms with van der Waals surface area (Å²) >= 11 is 7.04. The fraction of sp³-hybridized carbons (Fsp3) is 0.381. The molecule has 6 nitrogen and oxygen atoms in total. The summed E-state index contributed by atoms with van der Waals surface area (Å²) in [5, 5.41) is 11.1. The van der Waals surface area contributed by atoms with Crippen molar-refractivity contribution < 1.29 is 22.4 Å². The van der Waals surface area contributed by atoms with Crippen molar-refractivity contribution in [2.45, 2.75) is 49.5 Å².